The van der Waals surface area contributed by atoms with Gasteiger partial charge in [0.05, 0.1) is 13.2 Å². The summed E-state index contributed by atoms with van der Waals surface area (Å²) >= 11 is 0. The third-order valence-corrected chi connectivity index (χ3v) is 4.12. The van der Waals surface area contributed by atoms with E-state index in [0.29, 0.717) is 30.8 Å². The molecule has 0 aliphatic rings. The molecule has 2 aromatic rings. The molecule has 0 radical (unpaired) electrons. The van der Waals surface area contributed by atoms with Crippen LogP contribution in [-0.2, 0) is 13.1 Å². The minimum absolute atomic E-state index is 0.426. The number of nitrogens with one attached hydrogen (secondary N) is 2. The van der Waals surface area contributed by atoms with E-state index in [1.165, 1.54) is 24.8 Å². The van der Waals surface area contributed by atoms with Crippen molar-refractivity contribution in [1.29, 1.82) is 0 Å². The Kier molecular flexibility index (Phi) is 8.61. The highest BCUT2D eigenvalue weighted by atomic mass is 16.5. The monoisotopic (exact) mass is 373 g/mol. The normalized spacial score (nSPS) is 11.5. The second kappa shape index (κ2) is 11.2. The number of hydrogen-bond acceptors (Lipinski definition) is 5. The molecule has 0 saturated heterocycles. The largest absolute Gasteiger partial charge is 0.493 e. The minimum atomic E-state index is 0.426. The number of benzene rings is 1. The van der Waals surface area contributed by atoms with Gasteiger partial charge in [-0.05, 0) is 31.9 Å². The molecule has 0 spiro atoms. The molecule has 1 aromatic carbocycles. The summed E-state index contributed by atoms with van der Waals surface area (Å²) in [5.74, 6) is 2.75. The van der Waals surface area contributed by atoms with Gasteiger partial charge < -0.3 is 19.9 Å². The Labute approximate surface area is 161 Å². The van der Waals surface area contributed by atoms with E-state index >= 15 is 0 Å². The molecule has 0 fully saturated rings. The first-order valence-corrected chi connectivity index (χ1v) is 9.58. The zero-order valence-electron chi connectivity index (χ0n) is 16.8. The van der Waals surface area contributed by atoms with Crippen LogP contribution >= 0.6 is 0 Å². The van der Waals surface area contributed by atoms with E-state index in [1.807, 2.05) is 0 Å². The smallest absolute Gasteiger partial charge is 0.246 e. The van der Waals surface area contributed by atoms with E-state index in [2.05, 4.69) is 57.8 Å². The van der Waals surface area contributed by atoms with E-state index in [1.54, 1.807) is 14.0 Å². The topological polar surface area (TPSA) is 84.6 Å². The van der Waals surface area contributed by atoms with Gasteiger partial charge in [0.2, 0.25) is 5.89 Å². The maximum Gasteiger partial charge on any atom is 0.246 e. The van der Waals surface area contributed by atoms with Gasteiger partial charge in [0.15, 0.2) is 11.8 Å². The van der Waals surface area contributed by atoms with Gasteiger partial charge in [-0.2, -0.15) is 4.98 Å². The van der Waals surface area contributed by atoms with Crippen LogP contribution in [0.3, 0.4) is 0 Å². The highest BCUT2D eigenvalue weighted by molar-refractivity contribution is 5.79. The molecule has 2 rings (SSSR count). The SMILES string of the molecule is CCCCCCOc1cc(C)ccc1CNC(=NC)NCc1nc(C)no1. The molecule has 0 aliphatic carbocycles. The van der Waals surface area contributed by atoms with E-state index in [4.69, 9.17) is 9.26 Å². The number of aryl methyl sites for hydroxylation is 2. The number of nitrogens with zero attached hydrogens (tertiary/aromatic N) is 3. The summed E-state index contributed by atoms with van der Waals surface area (Å²) in [6.45, 7) is 7.88. The maximum atomic E-state index is 6.03. The Bertz CT molecular complexity index is 727. The van der Waals surface area contributed by atoms with E-state index in [-0.39, 0.29) is 0 Å². The lowest BCUT2D eigenvalue weighted by Gasteiger charge is -2.15. The summed E-state index contributed by atoms with van der Waals surface area (Å²) < 4.78 is 11.1. The minimum Gasteiger partial charge on any atom is -0.493 e. The second-order valence-electron chi connectivity index (χ2n) is 6.53. The van der Waals surface area contributed by atoms with Crippen LogP contribution in [-0.4, -0.2) is 29.8 Å². The lowest BCUT2D eigenvalue weighted by Crippen LogP contribution is -2.36. The van der Waals surface area contributed by atoms with Gasteiger partial charge in [-0.25, -0.2) is 0 Å². The number of guanidine groups is 1. The maximum absolute atomic E-state index is 6.03. The van der Waals surface area contributed by atoms with Crippen molar-refractivity contribution in [2.45, 2.75) is 59.5 Å². The second-order valence-corrected chi connectivity index (χ2v) is 6.53. The molecule has 0 atom stereocenters. The zero-order chi connectivity index (χ0) is 19.5. The van der Waals surface area contributed by atoms with Crippen LogP contribution in [0.2, 0.25) is 0 Å². The summed E-state index contributed by atoms with van der Waals surface area (Å²) in [4.78, 5) is 8.40. The van der Waals surface area contributed by atoms with Crippen molar-refractivity contribution in [1.82, 2.24) is 20.8 Å². The molecular formula is C20H31N5O2. The standard InChI is InChI=1S/C20H31N5O2/c1-5-6-7-8-11-26-18-12-15(2)9-10-17(18)13-22-20(21-4)23-14-19-24-16(3)25-27-19/h9-10,12H,5-8,11,13-14H2,1-4H3,(H2,21,22,23). The van der Waals surface area contributed by atoms with Gasteiger partial charge in [-0.15, -0.1) is 0 Å². The Balaban J connectivity index is 1.87. The van der Waals surface area contributed by atoms with Crippen LogP contribution in [0.1, 0.15) is 55.4 Å². The molecule has 7 heteroatoms. The van der Waals surface area contributed by atoms with Crippen molar-refractivity contribution >= 4 is 5.96 Å². The van der Waals surface area contributed by atoms with Crippen molar-refractivity contribution in [3.05, 3.63) is 41.0 Å². The first-order valence-electron chi connectivity index (χ1n) is 9.58. The van der Waals surface area contributed by atoms with Crippen molar-refractivity contribution in [3.8, 4) is 5.75 Å². The Hall–Kier alpha value is -2.57. The first-order chi connectivity index (χ1) is 13.1. The first kappa shape index (κ1) is 20.7. The number of aliphatic imine (C=N–C) groups is 1. The van der Waals surface area contributed by atoms with Crippen LogP contribution in [0, 0.1) is 13.8 Å². The van der Waals surface area contributed by atoms with E-state index < -0.39 is 0 Å². The molecule has 1 heterocycles. The van der Waals surface area contributed by atoms with Crippen molar-refractivity contribution in [3.63, 3.8) is 0 Å². The molecule has 27 heavy (non-hydrogen) atoms. The number of ether oxygens (including phenoxy) is 1. The Morgan fingerprint density at radius 2 is 1.96 bits per heavy atom. The molecule has 0 saturated carbocycles. The number of rotatable bonds is 10. The molecule has 0 bridgehead atoms. The average Bonchev–Trinajstić information content (AvgIpc) is 3.08. The predicted octanol–water partition coefficient (Wildman–Crippen LogP) is 3.51. The summed E-state index contributed by atoms with van der Waals surface area (Å²) in [6.07, 6.45) is 4.78. The van der Waals surface area contributed by atoms with E-state index in [0.717, 1.165) is 24.3 Å². The number of hydrogen-bond donors (Lipinski definition) is 2. The van der Waals surface area contributed by atoms with Gasteiger partial charge in [-0.3, -0.25) is 4.99 Å². The highest BCUT2D eigenvalue weighted by Crippen LogP contribution is 2.21. The molecule has 0 unspecified atom stereocenters. The summed E-state index contributed by atoms with van der Waals surface area (Å²) in [5.41, 5.74) is 2.30. The van der Waals surface area contributed by atoms with Crippen LogP contribution in [0.15, 0.2) is 27.7 Å². The predicted molar refractivity (Wildman–Crippen MR) is 107 cm³/mol. The van der Waals surface area contributed by atoms with Crippen molar-refractivity contribution in [2.75, 3.05) is 13.7 Å². The zero-order valence-corrected chi connectivity index (χ0v) is 16.8. The number of unbranched alkanes of at least 4 members (excludes halogenated alkanes) is 3. The van der Waals surface area contributed by atoms with Crippen molar-refractivity contribution < 1.29 is 9.26 Å². The van der Waals surface area contributed by atoms with E-state index in [9.17, 15) is 0 Å². The lowest BCUT2D eigenvalue weighted by atomic mass is 10.1. The molecule has 0 amide bonds. The van der Waals surface area contributed by atoms with Gasteiger partial charge in [0.1, 0.15) is 5.75 Å². The quantitative estimate of drug-likeness (QED) is 0.377. The Morgan fingerprint density at radius 1 is 1.15 bits per heavy atom. The fraction of sp³-hybridized carbons (Fsp3) is 0.550. The summed E-state index contributed by atoms with van der Waals surface area (Å²) in [7, 11) is 1.73. The highest BCUT2D eigenvalue weighted by Gasteiger charge is 2.08. The van der Waals surface area contributed by atoms with Gasteiger partial charge in [0.25, 0.3) is 0 Å². The van der Waals surface area contributed by atoms with Crippen LogP contribution < -0.4 is 15.4 Å². The molecule has 2 N–H and O–H groups in total. The summed E-state index contributed by atoms with van der Waals surface area (Å²) in [5, 5.41) is 10.2. The van der Waals surface area contributed by atoms with Gasteiger partial charge in [0, 0.05) is 19.2 Å². The third kappa shape index (κ3) is 7.29. The Morgan fingerprint density at radius 3 is 2.67 bits per heavy atom. The average molecular weight is 374 g/mol. The van der Waals surface area contributed by atoms with Crippen LogP contribution in [0.25, 0.3) is 0 Å². The third-order valence-electron chi connectivity index (χ3n) is 4.12. The van der Waals surface area contributed by atoms with Crippen molar-refractivity contribution in [2.24, 2.45) is 4.99 Å². The van der Waals surface area contributed by atoms with Crippen LogP contribution in [0.4, 0.5) is 0 Å². The molecular weight excluding hydrogens is 342 g/mol. The lowest BCUT2D eigenvalue weighted by molar-refractivity contribution is 0.301. The fourth-order valence-corrected chi connectivity index (χ4v) is 2.62. The van der Waals surface area contributed by atoms with Gasteiger partial charge in [-0.1, -0.05) is 43.5 Å². The van der Waals surface area contributed by atoms with Crippen LogP contribution in [0.5, 0.6) is 5.75 Å². The molecule has 1 aromatic heterocycles. The molecule has 148 valence electrons. The fourth-order valence-electron chi connectivity index (χ4n) is 2.62. The number of aromatic nitrogens is 2. The summed E-state index contributed by atoms with van der Waals surface area (Å²) in [6, 6.07) is 6.28. The van der Waals surface area contributed by atoms with Gasteiger partial charge >= 0.3 is 0 Å². The molecule has 7 nitrogen and oxygen atoms in total. The molecule has 0 aliphatic heterocycles.